The fourth-order valence-electron chi connectivity index (χ4n) is 1.97. The summed E-state index contributed by atoms with van der Waals surface area (Å²) in [4.78, 5) is 12.0. The minimum absolute atomic E-state index is 0.162. The molecule has 17 heavy (non-hydrogen) atoms. The summed E-state index contributed by atoms with van der Waals surface area (Å²) in [6.45, 7) is 1.83. The third-order valence-electron chi connectivity index (χ3n) is 2.96. The number of rotatable bonds is 1. The molecule has 0 amide bonds. The fraction of sp³-hybridized carbons (Fsp3) is 0.231. The van der Waals surface area contributed by atoms with E-state index in [1.54, 1.807) is 32.4 Å². The van der Waals surface area contributed by atoms with Gasteiger partial charge in [0.2, 0.25) is 0 Å². The number of nitriles is 1. The van der Waals surface area contributed by atoms with Gasteiger partial charge in [-0.15, -0.1) is 0 Å². The zero-order chi connectivity index (χ0) is 12.6. The summed E-state index contributed by atoms with van der Waals surface area (Å²) in [5.74, 6) is 0.678. The van der Waals surface area contributed by atoms with Gasteiger partial charge in [0.15, 0.2) is 0 Å². The Morgan fingerprint density at radius 2 is 2.06 bits per heavy atom. The monoisotopic (exact) mass is 228 g/mol. The lowest BCUT2D eigenvalue weighted by Crippen LogP contribution is -2.20. The molecule has 86 valence electrons. The molecule has 0 radical (unpaired) electrons. The molecule has 1 aromatic heterocycles. The number of hydrogen-bond donors (Lipinski definition) is 0. The maximum atomic E-state index is 12.0. The van der Waals surface area contributed by atoms with Crippen LogP contribution in [0.1, 0.15) is 11.3 Å². The van der Waals surface area contributed by atoms with Crippen molar-refractivity contribution in [2.24, 2.45) is 7.05 Å². The number of hydrogen-bond acceptors (Lipinski definition) is 3. The first-order chi connectivity index (χ1) is 8.10. The Morgan fingerprint density at radius 1 is 1.35 bits per heavy atom. The topological polar surface area (TPSA) is 55.0 Å². The number of fused-ring (bicyclic) bond motifs is 1. The number of benzene rings is 1. The number of methoxy groups -OCH3 is 1. The van der Waals surface area contributed by atoms with Crippen LogP contribution in [0.3, 0.4) is 0 Å². The summed E-state index contributed by atoms with van der Waals surface area (Å²) in [6.07, 6.45) is 0. The van der Waals surface area contributed by atoms with E-state index in [0.29, 0.717) is 16.8 Å². The largest absolute Gasteiger partial charge is 0.497 e. The normalized spacial score (nSPS) is 10.2. The predicted octanol–water partition coefficient (Wildman–Crippen LogP) is 1.73. The Bertz CT molecular complexity index is 693. The molecule has 0 saturated heterocycles. The second-order valence-corrected chi connectivity index (χ2v) is 3.86. The quantitative estimate of drug-likeness (QED) is 0.746. The van der Waals surface area contributed by atoms with Crippen LogP contribution in [0.5, 0.6) is 5.75 Å². The van der Waals surface area contributed by atoms with Gasteiger partial charge >= 0.3 is 0 Å². The van der Waals surface area contributed by atoms with Crippen molar-refractivity contribution in [3.8, 4) is 11.8 Å². The van der Waals surface area contributed by atoms with Crippen LogP contribution in [0, 0.1) is 18.3 Å². The first-order valence-corrected chi connectivity index (χ1v) is 5.17. The van der Waals surface area contributed by atoms with E-state index >= 15 is 0 Å². The number of pyridine rings is 1. The smallest absolute Gasteiger partial charge is 0.259 e. The molecule has 1 heterocycles. The van der Waals surface area contributed by atoms with Crippen LogP contribution in [0.2, 0.25) is 0 Å². The minimum Gasteiger partial charge on any atom is -0.497 e. The molecule has 0 saturated carbocycles. The number of nitrogens with zero attached hydrogens (tertiary/aromatic N) is 2. The summed E-state index contributed by atoms with van der Waals surface area (Å²) in [5, 5.41) is 10.4. The predicted molar refractivity (Wildman–Crippen MR) is 65.2 cm³/mol. The molecule has 0 atom stereocenters. The zero-order valence-corrected chi connectivity index (χ0v) is 9.94. The Kier molecular flexibility index (Phi) is 2.60. The molecule has 2 rings (SSSR count). The van der Waals surface area contributed by atoms with E-state index in [1.165, 1.54) is 4.57 Å². The fourth-order valence-corrected chi connectivity index (χ4v) is 1.97. The third-order valence-corrected chi connectivity index (χ3v) is 2.96. The van der Waals surface area contributed by atoms with E-state index in [2.05, 4.69) is 6.07 Å². The zero-order valence-electron chi connectivity index (χ0n) is 9.94. The molecule has 0 bridgehead atoms. The molecule has 0 N–H and O–H groups in total. The molecule has 0 aliphatic carbocycles. The van der Waals surface area contributed by atoms with Crippen molar-refractivity contribution in [3.05, 3.63) is 39.8 Å². The van der Waals surface area contributed by atoms with Crippen molar-refractivity contribution in [1.29, 1.82) is 5.26 Å². The van der Waals surface area contributed by atoms with E-state index in [0.717, 1.165) is 10.9 Å². The highest BCUT2D eigenvalue weighted by atomic mass is 16.5. The van der Waals surface area contributed by atoms with Crippen molar-refractivity contribution in [3.63, 3.8) is 0 Å². The van der Waals surface area contributed by atoms with Crippen molar-refractivity contribution in [1.82, 2.24) is 4.57 Å². The second-order valence-electron chi connectivity index (χ2n) is 3.86. The van der Waals surface area contributed by atoms with Crippen molar-refractivity contribution in [2.75, 3.05) is 7.11 Å². The second kappa shape index (κ2) is 3.95. The first kappa shape index (κ1) is 11.2. The molecule has 0 spiro atoms. The Balaban J connectivity index is 3.00. The molecule has 1 aromatic carbocycles. The van der Waals surface area contributed by atoms with Gasteiger partial charge in [-0.1, -0.05) is 0 Å². The molecule has 0 aliphatic rings. The Hall–Kier alpha value is -2.28. The number of aryl methyl sites for hydroxylation is 1. The highest BCUT2D eigenvalue weighted by molar-refractivity contribution is 5.87. The van der Waals surface area contributed by atoms with E-state index in [9.17, 15) is 4.79 Å². The number of aromatic nitrogens is 1. The molecule has 2 aromatic rings. The van der Waals surface area contributed by atoms with Crippen molar-refractivity contribution in [2.45, 2.75) is 6.92 Å². The van der Waals surface area contributed by atoms with Gasteiger partial charge in [-0.25, -0.2) is 0 Å². The summed E-state index contributed by atoms with van der Waals surface area (Å²) in [5.41, 5.74) is 1.02. The molecule has 0 unspecified atom stereocenters. The molecule has 0 fully saturated rings. The molecule has 4 heteroatoms. The van der Waals surface area contributed by atoms with Gasteiger partial charge in [0.05, 0.1) is 7.11 Å². The Morgan fingerprint density at radius 3 is 2.65 bits per heavy atom. The van der Waals surface area contributed by atoms with Gasteiger partial charge in [0.25, 0.3) is 5.56 Å². The van der Waals surface area contributed by atoms with Crippen molar-refractivity contribution < 1.29 is 4.74 Å². The van der Waals surface area contributed by atoms with Crippen LogP contribution in [0.4, 0.5) is 0 Å². The van der Waals surface area contributed by atoms with Crippen LogP contribution in [0.15, 0.2) is 23.0 Å². The highest BCUT2D eigenvalue weighted by Crippen LogP contribution is 2.23. The summed E-state index contributed by atoms with van der Waals surface area (Å²) >= 11 is 0. The molecule has 4 nitrogen and oxygen atoms in total. The lowest BCUT2D eigenvalue weighted by Gasteiger charge is -2.10. The lowest BCUT2D eigenvalue weighted by molar-refractivity contribution is 0.415. The highest BCUT2D eigenvalue weighted by Gasteiger charge is 2.11. The van der Waals surface area contributed by atoms with Gasteiger partial charge in [-0.2, -0.15) is 5.26 Å². The molecular weight excluding hydrogens is 216 g/mol. The maximum absolute atomic E-state index is 12.0. The first-order valence-electron chi connectivity index (χ1n) is 5.17. The van der Waals surface area contributed by atoms with E-state index < -0.39 is 0 Å². The van der Waals surface area contributed by atoms with Gasteiger partial charge in [0.1, 0.15) is 17.5 Å². The van der Waals surface area contributed by atoms with Gasteiger partial charge in [-0.3, -0.25) is 4.79 Å². The van der Waals surface area contributed by atoms with Crippen LogP contribution in [-0.4, -0.2) is 11.7 Å². The standard InChI is InChI=1S/C13H12N2O2/c1-8-11-6-9(17-3)4-5-10(11)13(16)15(2)12(8)7-14/h4-6H,1-3H3. The summed E-state index contributed by atoms with van der Waals surface area (Å²) in [7, 11) is 3.18. The Labute approximate surface area is 98.7 Å². The van der Waals surface area contributed by atoms with Crippen LogP contribution in [-0.2, 0) is 7.05 Å². The summed E-state index contributed by atoms with van der Waals surface area (Å²) < 4.78 is 6.51. The van der Waals surface area contributed by atoms with Gasteiger partial charge in [-0.05, 0) is 36.1 Å². The molecular formula is C13H12N2O2. The number of ether oxygens (including phenoxy) is 1. The van der Waals surface area contributed by atoms with Crippen LogP contribution >= 0.6 is 0 Å². The maximum Gasteiger partial charge on any atom is 0.259 e. The average molecular weight is 228 g/mol. The average Bonchev–Trinajstić information content (AvgIpc) is 2.36. The van der Waals surface area contributed by atoms with Crippen molar-refractivity contribution >= 4 is 10.8 Å². The van der Waals surface area contributed by atoms with E-state index in [-0.39, 0.29) is 5.56 Å². The van der Waals surface area contributed by atoms with E-state index in [1.807, 2.05) is 6.92 Å². The van der Waals surface area contributed by atoms with Gasteiger partial charge in [0, 0.05) is 12.4 Å². The minimum atomic E-state index is -0.162. The van der Waals surface area contributed by atoms with Crippen LogP contribution < -0.4 is 10.3 Å². The van der Waals surface area contributed by atoms with E-state index in [4.69, 9.17) is 10.00 Å². The van der Waals surface area contributed by atoms with Gasteiger partial charge < -0.3 is 9.30 Å². The SMILES string of the molecule is COc1ccc2c(=O)n(C)c(C#N)c(C)c2c1. The molecule has 0 aliphatic heterocycles. The third kappa shape index (κ3) is 1.56. The summed E-state index contributed by atoms with van der Waals surface area (Å²) in [6, 6.07) is 7.31. The van der Waals surface area contributed by atoms with Crippen LogP contribution in [0.25, 0.3) is 10.8 Å². The lowest BCUT2D eigenvalue weighted by atomic mass is 10.0.